The summed E-state index contributed by atoms with van der Waals surface area (Å²) in [5, 5.41) is 8.68. The molecule has 0 aromatic carbocycles. The number of hydrogen-bond donors (Lipinski definition) is 1. The van der Waals surface area contributed by atoms with Gasteiger partial charge in [-0.2, -0.15) is 0 Å². The molecule has 0 amide bonds. The minimum absolute atomic E-state index is 0.00783. The van der Waals surface area contributed by atoms with E-state index in [1.165, 1.54) is 6.08 Å². The Hall–Kier alpha value is -2.16. The highest BCUT2D eigenvalue weighted by Crippen LogP contribution is 2.43. The van der Waals surface area contributed by atoms with Gasteiger partial charge in [-0.15, -0.1) is 0 Å². The number of carboxylic acid groups (broad SMARTS) is 1. The van der Waals surface area contributed by atoms with E-state index in [4.69, 9.17) is 5.11 Å². The van der Waals surface area contributed by atoms with Gasteiger partial charge in [-0.05, 0) is 55.7 Å². The van der Waals surface area contributed by atoms with Crippen molar-refractivity contribution in [2.75, 3.05) is 0 Å². The predicted octanol–water partition coefficient (Wildman–Crippen LogP) is 5.42. The van der Waals surface area contributed by atoms with Gasteiger partial charge in [-0.1, -0.05) is 56.7 Å². The SMILES string of the molecule is CC[C@@H]1CC(C)(C)C(/C=C/C(C)=C/C=C/C(C)=C/C(=O)O)=C(C)C1=O. The van der Waals surface area contributed by atoms with Crippen molar-refractivity contribution in [3.05, 3.63) is 58.7 Å². The van der Waals surface area contributed by atoms with Crippen molar-refractivity contribution >= 4 is 11.8 Å². The second-order valence-corrected chi connectivity index (χ2v) is 7.43. The van der Waals surface area contributed by atoms with Gasteiger partial charge in [0.15, 0.2) is 5.78 Å². The maximum absolute atomic E-state index is 12.5. The van der Waals surface area contributed by atoms with Crippen LogP contribution >= 0.6 is 0 Å². The van der Waals surface area contributed by atoms with E-state index in [1.807, 2.05) is 32.1 Å². The average molecular weight is 342 g/mol. The van der Waals surface area contributed by atoms with Gasteiger partial charge in [0, 0.05) is 12.0 Å². The summed E-state index contributed by atoms with van der Waals surface area (Å²) in [4.78, 5) is 23.0. The van der Waals surface area contributed by atoms with Crippen LogP contribution in [-0.4, -0.2) is 16.9 Å². The fourth-order valence-corrected chi connectivity index (χ4v) is 3.31. The van der Waals surface area contributed by atoms with Crippen molar-refractivity contribution in [1.82, 2.24) is 0 Å². The molecule has 1 atom stereocenters. The summed E-state index contributed by atoms with van der Waals surface area (Å²) in [7, 11) is 0. The molecule has 0 saturated heterocycles. The number of allylic oxidation sites excluding steroid dienone is 9. The minimum Gasteiger partial charge on any atom is -0.478 e. The van der Waals surface area contributed by atoms with Crippen LogP contribution in [0.15, 0.2) is 58.7 Å². The lowest BCUT2D eigenvalue weighted by Gasteiger charge is -2.36. The Morgan fingerprint density at radius 3 is 2.44 bits per heavy atom. The molecule has 0 bridgehead atoms. The van der Waals surface area contributed by atoms with Crippen molar-refractivity contribution in [2.45, 2.75) is 54.4 Å². The first-order valence-electron chi connectivity index (χ1n) is 8.78. The summed E-state index contributed by atoms with van der Waals surface area (Å²) in [6.07, 6.45) is 12.5. The zero-order valence-corrected chi connectivity index (χ0v) is 16.2. The van der Waals surface area contributed by atoms with Crippen molar-refractivity contribution in [3.63, 3.8) is 0 Å². The zero-order valence-electron chi connectivity index (χ0n) is 16.2. The Balaban J connectivity index is 2.97. The van der Waals surface area contributed by atoms with Gasteiger partial charge in [-0.25, -0.2) is 4.79 Å². The second-order valence-electron chi connectivity index (χ2n) is 7.43. The van der Waals surface area contributed by atoms with E-state index in [1.54, 1.807) is 13.0 Å². The van der Waals surface area contributed by atoms with Gasteiger partial charge in [0.2, 0.25) is 0 Å². The van der Waals surface area contributed by atoms with Gasteiger partial charge in [0.05, 0.1) is 0 Å². The Morgan fingerprint density at radius 1 is 1.24 bits per heavy atom. The van der Waals surface area contributed by atoms with Crippen molar-refractivity contribution in [2.24, 2.45) is 11.3 Å². The number of carbonyl (C=O) groups is 2. The van der Waals surface area contributed by atoms with Crippen LogP contribution in [0, 0.1) is 11.3 Å². The Morgan fingerprint density at radius 2 is 1.88 bits per heavy atom. The molecule has 1 aliphatic carbocycles. The van der Waals surface area contributed by atoms with E-state index in [9.17, 15) is 9.59 Å². The Labute approximate surface area is 151 Å². The van der Waals surface area contributed by atoms with Crippen LogP contribution in [0.4, 0.5) is 0 Å². The number of carbonyl (C=O) groups excluding carboxylic acids is 1. The highest BCUT2D eigenvalue weighted by atomic mass is 16.4. The van der Waals surface area contributed by atoms with Crippen LogP contribution in [0.2, 0.25) is 0 Å². The van der Waals surface area contributed by atoms with E-state index in [0.717, 1.165) is 29.6 Å². The number of aliphatic carboxylic acids is 1. The molecular weight excluding hydrogens is 312 g/mol. The fourth-order valence-electron chi connectivity index (χ4n) is 3.31. The van der Waals surface area contributed by atoms with Gasteiger partial charge in [-0.3, -0.25) is 4.79 Å². The van der Waals surface area contributed by atoms with Gasteiger partial charge >= 0.3 is 5.97 Å². The molecule has 0 spiro atoms. The molecule has 0 aliphatic heterocycles. The average Bonchev–Trinajstić information content (AvgIpc) is 2.49. The summed E-state index contributed by atoms with van der Waals surface area (Å²) >= 11 is 0. The highest BCUT2D eigenvalue weighted by molar-refractivity contribution is 5.99. The molecule has 0 aromatic rings. The maximum Gasteiger partial charge on any atom is 0.328 e. The van der Waals surface area contributed by atoms with Gasteiger partial charge in [0.1, 0.15) is 0 Å². The third kappa shape index (κ3) is 6.00. The summed E-state index contributed by atoms with van der Waals surface area (Å²) in [6, 6.07) is 0. The molecule has 0 fully saturated rings. The van der Waals surface area contributed by atoms with Crippen LogP contribution in [0.25, 0.3) is 0 Å². The van der Waals surface area contributed by atoms with Crippen molar-refractivity contribution < 1.29 is 14.7 Å². The molecule has 3 nitrogen and oxygen atoms in total. The van der Waals surface area contributed by atoms with Gasteiger partial charge in [0.25, 0.3) is 0 Å². The third-order valence-corrected chi connectivity index (χ3v) is 4.71. The quantitative estimate of drug-likeness (QED) is 0.518. The largest absolute Gasteiger partial charge is 0.478 e. The molecule has 0 aromatic heterocycles. The van der Waals surface area contributed by atoms with Crippen LogP contribution in [0.5, 0.6) is 0 Å². The molecule has 1 N–H and O–H groups in total. The topological polar surface area (TPSA) is 54.4 Å². The number of carboxylic acids is 1. The van der Waals surface area contributed by atoms with E-state index < -0.39 is 5.97 Å². The number of rotatable bonds is 6. The van der Waals surface area contributed by atoms with Gasteiger partial charge < -0.3 is 5.11 Å². The fraction of sp³-hybridized carbons (Fsp3) is 0.455. The monoisotopic (exact) mass is 342 g/mol. The standard InChI is InChI=1S/C22H30O3/c1-7-18-14-22(5,6)19(17(4)21(18)25)12-11-15(2)9-8-10-16(3)13-20(23)24/h8-13,18H,7,14H2,1-6H3,(H,23,24)/b10-8+,12-11+,15-9+,16-13+/t18-/m1/s1. The molecule has 0 saturated carbocycles. The lowest BCUT2D eigenvalue weighted by atomic mass is 9.67. The summed E-state index contributed by atoms with van der Waals surface area (Å²) < 4.78 is 0. The molecular formula is C22H30O3. The van der Waals surface area contributed by atoms with Crippen molar-refractivity contribution in [3.8, 4) is 0 Å². The van der Waals surface area contributed by atoms with E-state index in [2.05, 4.69) is 26.8 Å². The molecule has 0 unspecified atom stereocenters. The molecule has 136 valence electrons. The van der Waals surface area contributed by atoms with Crippen LogP contribution in [0.1, 0.15) is 54.4 Å². The van der Waals surface area contributed by atoms with E-state index in [0.29, 0.717) is 5.57 Å². The second kappa shape index (κ2) is 8.80. The Bertz CT molecular complexity index is 682. The Kier molecular flexibility index (Phi) is 7.35. The first-order valence-corrected chi connectivity index (χ1v) is 8.78. The zero-order chi connectivity index (χ0) is 19.2. The van der Waals surface area contributed by atoms with Crippen LogP contribution < -0.4 is 0 Å². The molecule has 0 radical (unpaired) electrons. The summed E-state index contributed by atoms with van der Waals surface area (Å²) in [6.45, 7) is 12.1. The molecule has 1 rings (SSSR count). The predicted molar refractivity (Wildman–Crippen MR) is 103 cm³/mol. The maximum atomic E-state index is 12.5. The van der Waals surface area contributed by atoms with Crippen LogP contribution in [-0.2, 0) is 9.59 Å². The van der Waals surface area contributed by atoms with Crippen molar-refractivity contribution in [1.29, 1.82) is 0 Å². The van der Waals surface area contributed by atoms with Crippen LogP contribution in [0.3, 0.4) is 0 Å². The first-order chi connectivity index (χ1) is 11.6. The minimum atomic E-state index is -0.945. The smallest absolute Gasteiger partial charge is 0.328 e. The lowest BCUT2D eigenvalue weighted by Crippen LogP contribution is -2.31. The first kappa shape index (κ1) is 20.9. The summed E-state index contributed by atoms with van der Waals surface area (Å²) in [5.41, 5.74) is 3.71. The number of ketones is 1. The molecule has 0 heterocycles. The number of Topliss-reactive ketones (excluding diaryl/α,β-unsaturated/α-hetero) is 1. The molecule has 1 aliphatic rings. The summed E-state index contributed by atoms with van der Waals surface area (Å²) in [5.74, 6) is -0.534. The molecule has 25 heavy (non-hydrogen) atoms. The van der Waals surface area contributed by atoms with E-state index >= 15 is 0 Å². The highest BCUT2D eigenvalue weighted by Gasteiger charge is 2.36. The normalized spacial score (nSPS) is 22.3. The number of hydrogen-bond acceptors (Lipinski definition) is 2. The van der Waals surface area contributed by atoms with E-state index in [-0.39, 0.29) is 17.1 Å². The lowest BCUT2D eigenvalue weighted by molar-refractivity contribution is -0.131. The third-order valence-electron chi connectivity index (χ3n) is 4.71. The molecule has 3 heteroatoms.